The maximum absolute atomic E-state index is 12.8. The fraction of sp³-hybridized carbons (Fsp3) is 0.471. The summed E-state index contributed by atoms with van der Waals surface area (Å²) in [5, 5.41) is 2.61. The van der Waals surface area contributed by atoms with Gasteiger partial charge in [0.15, 0.2) is 0 Å². The second-order valence-electron chi connectivity index (χ2n) is 5.76. The number of piperidine rings is 1. The van der Waals surface area contributed by atoms with Gasteiger partial charge in [-0.2, -0.15) is 0 Å². The standard InChI is InChI=1S/C17H21FN2O4/c1-24-17(23)12-3-2-10-20(11-12)16(22)9-8-15(21)19-14-6-4-13(18)5-7-14/h4-7,12H,2-3,8-11H2,1H3,(H,19,21). The van der Waals surface area contributed by atoms with Crippen LogP contribution in [0.3, 0.4) is 0 Å². The van der Waals surface area contributed by atoms with Gasteiger partial charge in [0.2, 0.25) is 11.8 Å². The lowest BCUT2D eigenvalue weighted by Crippen LogP contribution is -2.42. The Bertz CT molecular complexity index is 603. The third-order valence-corrected chi connectivity index (χ3v) is 4.00. The molecule has 1 N–H and O–H groups in total. The SMILES string of the molecule is COC(=O)C1CCCN(C(=O)CCC(=O)Nc2ccc(F)cc2)C1. The van der Waals surface area contributed by atoms with Crippen molar-refractivity contribution in [3.05, 3.63) is 30.1 Å². The van der Waals surface area contributed by atoms with Crippen molar-refractivity contribution in [1.29, 1.82) is 0 Å². The van der Waals surface area contributed by atoms with E-state index in [0.29, 0.717) is 25.2 Å². The van der Waals surface area contributed by atoms with Gasteiger partial charge in [0, 0.05) is 31.6 Å². The van der Waals surface area contributed by atoms with Gasteiger partial charge in [0.1, 0.15) is 5.82 Å². The quantitative estimate of drug-likeness (QED) is 0.834. The fourth-order valence-corrected chi connectivity index (χ4v) is 2.70. The highest BCUT2D eigenvalue weighted by molar-refractivity contribution is 5.93. The Morgan fingerprint density at radius 3 is 2.62 bits per heavy atom. The second kappa shape index (κ2) is 8.42. The van der Waals surface area contributed by atoms with Gasteiger partial charge in [0.25, 0.3) is 0 Å². The number of nitrogens with one attached hydrogen (secondary N) is 1. The molecule has 1 aromatic carbocycles. The molecule has 1 fully saturated rings. The first-order valence-electron chi connectivity index (χ1n) is 7.90. The molecule has 0 saturated carbocycles. The average molecular weight is 336 g/mol. The average Bonchev–Trinajstić information content (AvgIpc) is 2.61. The molecule has 24 heavy (non-hydrogen) atoms. The van der Waals surface area contributed by atoms with Crippen LogP contribution in [-0.2, 0) is 19.1 Å². The van der Waals surface area contributed by atoms with Crippen LogP contribution in [0.1, 0.15) is 25.7 Å². The van der Waals surface area contributed by atoms with Gasteiger partial charge in [-0.25, -0.2) is 4.39 Å². The monoisotopic (exact) mass is 336 g/mol. The molecule has 0 aliphatic carbocycles. The number of hydrogen-bond acceptors (Lipinski definition) is 4. The molecule has 0 radical (unpaired) electrons. The minimum Gasteiger partial charge on any atom is -0.469 e. The summed E-state index contributed by atoms with van der Waals surface area (Å²) in [4.78, 5) is 37.2. The summed E-state index contributed by atoms with van der Waals surface area (Å²) in [6, 6.07) is 5.42. The van der Waals surface area contributed by atoms with Crippen molar-refractivity contribution in [1.82, 2.24) is 4.90 Å². The van der Waals surface area contributed by atoms with Crippen molar-refractivity contribution in [2.24, 2.45) is 5.92 Å². The molecule has 0 spiro atoms. The third-order valence-electron chi connectivity index (χ3n) is 4.00. The number of carbonyl (C=O) groups is 3. The first-order chi connectivity index (χ1) is 11.5. The van der Waals surface area contributed by atoms with Crippen LogP contribution in [0.15, 0.2) is 24.3 Å². The molecule has 0 bridgehead atoms. The normalized spacial score (nSPS) is 17.2. The number of benzene rings is 1. The van der Waals surface area contributed by atoms with Crippen LogP contribution >= 0.6 is 0 Å². The van der Waals surface area contributed by atoms with Crippen LogP contribution in [0.2, 0.25) is 0 Å². The second-order valence-corrected chi connectivity index (χ2v) is 5.76. The van der Waals surface area contributed by atoms with E-state index in [1.807, 2.05) is 0 Å². The van der Waals surface area contributed by atoms with Crippen LogP contribution in [-0.4, -0.2) is 42.9 Å². The molecule has 7 heteroatoms. The number of carbonyl (C=O) groups excluding carboxylic acids is 3. The molecular weight excluding hydrogens is 315 g/mol. The summed E-state index contributed by atoms with van der Waals surface area (Å²) >= 11 is 0. The number of amides is 2. The summed E-state index contributed by atoms with van der Waals surface area (Å²) in [6.45, 7) is 0.928. The summed E-state index contributed by atoms with van der Waals surface area (Å²) in [7, 11) is 1.34. The third kappa shape index (κ3) is 5.04. The van der Waals surface area contributed by atoms with Crippen LogP contribution in [0.25, 0.3) is 0 Å². The molecule has 2 rings (SSSR count). The van der Waals surface area contributed by atoms with Crippen LogP contribution < -0.4 is 5.32 Å². The number of likely N-dealkylation sites (tertiary alicyclic amines) is 1. The van der Waals surface area contributed by atoms with E-state index in [9.17, 15) is 18.8 Å². The van der Waals surface area contributed by atoms with Gasteiger partial charge in [-0.05, 0) is 37.1 Å². The smallest absolute Gasteiger partial charge is 0.310 e. The van der Waals surface area contributed by atoms with Gasteiger partial charge in [-0.3, -0.25) is 14.4 Å². The Kier molecular flexibility index (Phi) is 6.28. The lowest BCUT2D eigenvalue weighted by Gasteiger charge is -2.31. The van der Waals surface area contributed by atoms with Crippen LogP contribution in [0, 0.1) is 11.7 Å². The van der Waals surface area contributed by atoms with Gasteiger partial charge in [-0.1, -0.05) is 0 Å². The van der Waals surface area contributed by atoms with E-state index in [2.05, 4.69) is 5.32 Å². The first kappa shape index (κ1) is 17.9. The largest absolute Gasteiger partial charge is 0.469 e. The molecule has 1 aliphatic rings. The maximum atomic E-state index is 12.8. The summed E-state index contributed by atoms with van der Waals surface area (Å²) < 4.78 is 17.5. The van der Waals surface area contributed by atoms with E-state index >= 15 is 0 Å². The van der Waals surface area contributed by atoms with Crippen molar-refractivity contribution in [2.45, 2.75) is 25.7 Å². The molecule has 130 valence electrons. The molecule has 1 saturated heterocycles. The number of halogens is 1. The topological polar surface area (TPSA) is 75.7 Å². The van der Waals surface area contributed by atoms with Crippen molar-refractivity contribution in [3.8, 4) is 0 Å². The van der Waals surface area contributed by atoms with E-state index in [0.717, 1.165) is 6.42 Å². The predicted molar refractivity (Wildman–Crippen MR) is 85.6 cm³/mol. The van der Waals surface area contributed by atoms with Crippen molar-refractivity contribution in [2.75, 3.05) is 25.5 Å². The zero-order chi connectivity index (χ0) is 17.5. The molecule has 1 atom stereocenters. The molecule has 1 heterocycles. The Hall–Kier alpha value is -2.44. The Labute approximate surface area is 140 Å². The molecule has 0 aromatic heterocycles. The van der Waals surface area contributed by atoms with Gasteiger partial charge in [0.05, 0.1) is 13.0 Å². The summed E-state index contributed by atoms with van der Waals surface area (Å²) in [5.41, 5.74) is 0.484. The predicted octanol–water partition coefficient (Wildman–Crippen LogP) is 1.96. The molecule has 1 aliphatic heterocycles. The molecule has 2 amide bonds. The molecule has 6 nitrogen and oxygen atoms in total. The highest BCUT2D eigenvalue weighted by Crippen LogP contribution is 2.19. The van der Waals surface area contributed by atoms with E-state index in [1.165, 1.54) is 31.4 Å². The zero-order valence-electron chi connectivity index (χ0n) is 13.6. The van der Waals surface area contributed by atoms with E-state index in [4.69, 9.17) is 4.74 Å². The maximum Gasteiger partial charge on any atom is 0.310 e. The van der Waals surface area contributed by atoms with Gasteiger partial charge in [-0.15, -0.1) is 0 Å². The summed E-state index contributed by atoms with van der Waals surface area (Å²) in [6.07, 6.45) is 1.56. The minimum atomic E-state index is -0.381. The van der Waals surface area contributed by atoms with E-state index in [1.54, 1.807) is 4.90 Å². The van der Waals surface area contributed by atoms with Crippen LogP contribution in [0.4, 0.5) is 10.1 Å². The highest BCUT2D eigenvalue weighted by atomic mass is 19.1. The van der Waals surface area contributed by atoms with Crippen molar-refractivity contribution >= 4 is 23.5 Å². The van der Waals surface area contributed by atoms with Gasteiger partial charge < -0.3 is 15.0 Å². The number of rotatable bonds is 5. The number of nitrogens with zero attached hydrogens (tertiary/aromatic N) is 1. The fourth-order valence-electron chi connectivity index (χ4n) is 2.70. The first-order valence-corrected chi connectivity index (χ1v) is 7.90. The summed E-state index contributed by atoms with van der Waals surface area (Å²) in [5.74, 6) is -1.44. The Morgan fingerprint density at radius 1 is 1.25 bits per heavy atom. The Morgan fingerprint density at radius 2 is 1.96 bits per heavy atom. The number of ether oxygens (including phenoxy) is 1. The molecular formula is C17H21FN2O4. The number of methoxy groups -OCH3 is 1. The van der Waals surface area contributed by atoms with E-state index < -0.39 is 0 Å². The highest BCUT2D eigenvalue weighted by Gasteiger charge is 2.28. The van der Waals surface area contributed by atoms with Crippen molar-refractivity contribution < 1.29 is 23.5 Å². The van der Waals surface area contributed by atoms with Gasteiger partial charge >= 0.3 is 5.97 Å². The lowest BCUT2D eigenvalue weighted by molar-refractivity contribution is -0.149. The zero-order valence-corrected chi connectivity index (χ0v) is 13.6. The Balaban J connectivity index is 1.78. The molecule has 1 unspecified atom stereocenters. The van der Waals surface area contributed by atoms with E-state index in [-0.39, 0.29) is 42.4 Å². The number of anilines is 1. The lowest BCUT2D eigenvalue weighted by atomic mass is 9.98. The van der Waals surface area contributed by atoms with Crippen LogP contribution in [0.5, 0.6) is 0 Å². The number of hydrogen-bond donors (Lipinski definition) is 1. The molecule has 1 aromatic rings. The number of esters is 1. The van der Waals surface area contributed by atoms with Crippen molar-refractivity contribution in [3.63, 3.8) is 0 Å². The minimum absolute atomic E-state index is 0.0373.